The van der Waals surface area contributed by atoms with E-state index in [0.717, 1.165) is 6.92 Å². The van der Waals surface area contributed by atoms with Crippen LogP contribution in [-0.4, -0.2) is 28.7 Å². The smallest absolute Gasteiger partial charge is 0.746 e. The first-order chi connectivity index (χ1) is 4.88. The van der Waals surface area contributed by atoms with Crippen LogP contribution in [0.15, 0.2) is 0 Å². The molecule has 1 unspecified atom stereocenters. The van der Waals surface area contributed by atoms with Gasteiger partial charge in [0, 0.05) is 0 Å². The normalized spacial score (nSPS) is 12.9. The van der Waals surface area contributed by atoms with Crippen LogP contribution in [0.3, 0.4) is 0 Å². The Bertz CT molecular complexity index is 241. The Morgan fingerprint density at radius 2 is 2.08 bits per heavy atom. The topological polar surface area (TPSA) is 86.3 Å². The van der Waals surface area contributed by atoms with Crippen LogP contribution in [0, 0.1) is 0 Å². The molecule has 0 radical (unpaired) electrons. The van der Waals surface area contributed by atoms with Gasteiger partial charge in [0.1, 0.15) is 15.5 Å². The van der Waals surface area contributed by atoms with Gasteiger partial charge in [-0.15, -0.1) is 0 Å². The van der Waals surface area contributed by atoms with Crippen molar-refractivity contribution in [3.8, 4) is 0 Å². The van der Waals surface area contributed by atoms with E-state index in [2.05, 4.69) is 0 Å². The van der Waals surface area contributed by atoms with Crippen molar-refractivity contribution in [2.75, 3.05) is 4.43 Å². The van der Waals surface area contributed by atoms with Crippen LogP contribution in [0.2, 0.25) is 0 Å². The maximum Gasteiger partial charge on any atom is 1.00 e. The second-order valence-electron chi connectivity index (χ2n) is 1.84. The summed E-state index contributed by atoms with van der Waals surface area (Å²) in [5.41, 5.74) is 0. The Morgan fingerprint density at radius 3 is 2.33 bits per heavy atom. The fourth-order valence-electron chi connectivity index (χ4n) is 0.337. The number of nitrogens with one attached hydrogen (secondary N) is 1. The van der Waals surface area contributed by atoms with E-state index in [4.69, 9.17) is 0 Å². The van der Waals surface area contributed by atoms with Crippen molar-refractivity contribution < 1.29 is 47.3 Å². The number of rotatable bonds is 3. The van der Waals surface area contributed by atoms with E-state index in [-0.39, 0.29) is 34.0 Å². The molecule has 0 aliphatic heterocycles. The summed E-state index contributed by atoms with van der Waals surface area (Å²) in [5, 5.41) is 0.680. The molecular weight excluding hydrogens is 308 g/mol. The first-order valence-electron chi connectivity index (χ1n) is 2.68. The Hall–Kier alpha value is 1.11. The van der Waals surface area contributed by atoms with Crippen LogP contribution in [-0.2, 0) is 14.9 Å². The molecule has 0 bridgehead atoms. The van der Waals surface area contributed by atoms with Crippen molar-refractivity contribution in [1.82, 2.24) is 5.32 Å². The van der Waals surface area contributed by atoms with E-state index in [9.17, 15) is 17.8 Å². The molecular formula is C4H7INNaO4S. The van der Waals surface area contributed by atoms with Crippen molar-refractivity contribution >= 4 is 38.6 Å². The zero-order valence-electron chi connectivity index (χ0n) is 6.70. The molecule has 0 rings (SSSR count). The monoisotopic (exact) mass is 315 g/mol. The number of hydrogen-bond donors (Lipinski definition) is 1. The van der Waals surface area contributed by atoms with Gasteiger partial charge in [-0.05, 0) is 6.92 Å². The molecule has 12 heavy (non-hydrogen) atoms. The molecule has 0 aromatic carbocycles. The zero-order valence-corrected chi connectivity index (χ0v) is 11.7. The number of amides is 1. The van der Waals surface area contributed by atoms with Crippen LogP contribution in [0.25, 0.3) is 0 Å². The number of carbonyl (C=O) groups excluding carboxylic acids is 1. The molecule has 66 valence electrons. The molecule has 8 heteroatoms. The zero-order chi connectivity index (χ0) is 9.07. The summed E-state index contributed by atoms with van der Waals surface area (Å²) < 4.78 is 30.8. The summed E-state index contributed by atoms with van der Waals surface area (Å²) in [4.78, 5) is 10.5. The van der Waals surface area contributed by atoms with Gasteiger partial charge in [0.2, 0.25) is 5.91 Å². The molecule has 0 aliphatic rings. The van der Waals surface area contributed by atoms with E-state index >= 15 is 0 Å². The van der Waals surface area contributed by atoms with Crippen molar-refractivity contribution in [1.29, 1.82) is 0 Å². The predicted octanol–water partition coefficient (Wildman–Crippen LogP) is -3.57. The quantitative estimate of drug-likeness (QED) is 0.253. The van der Waals surface area contributed by atoms with Gasteiger partial charge in [0.25, 0.3) is 0 Å². The van der Waals surface area contributed by atoms with Gasteiger partial charge in [-0.3, -0.25) is 4.79 Å². The third kappa shape index (κ3) is 6.61. The number of hydrogen-bond acceptors (Lipinski definition) is 4. The second kappa shape index (κ2) is 6.55. The van der Waals surface area contributed by atoms with Crippen molar-refractivity contribution in [2.45, 2.75) is 12.3 Å². The molecule has 0 saturated carbocycles. The number of halogens is 1. The van der Waals surface area contributed by atoms with Gasteiger partial charge in [0.05, 0.1) is 4.43 Å². The summed E-state index contributed by atoms with van der Waals surface area (Å²) >= 11 is 1.77. The van der Waals surface area contributed by atoms with E-state index < -0.39 is 21.4 Å². The summed E-state index contributed by atoms with van der Waals surface area (Å²) in [7, 11) is -4.39. The van der Waals surface area contributed by atoms with Crippen LogP contribution in [0.4, 0.5) is 0 Å². The maximum absolute atomic E-state index is 10.5. The van der Waals surface area contributed by atoms with E-state index in [0.29, 0.717) is 0 Å². The van der Waals surface area contributed by atoms with E-state index in [1.807, 2.05) is 5.32 Å². The van der Waals surface area contributed by atoms with Crippen LogP contribution < -0.4 is 34.9 Å². The first kappa shape index (κ1) is 15.6. The Balaban J connectivity index is 0. The molecule has 5 nitrogen and oxygen atoms in total. The van der Waals surface area contributed by atoms with E-state index in [1.165, 1.54) is 0 Å². The summed E-state index contributed by atoms with van der Waals surface area (Å²) in [5.74, 6) is -0.461. The van der Waals surface area contributed by atoms with Crippen molar-refractivity contribution in [3.63, 3.8) is 0 Å². The standard InChI is InChI=1S/C4H8INO4S.Na/c1-3(11(8,9)10)6-4(7)2-5;/h3H,2H2,1H3,(H,6,7)(H,8,9,10);/q;+1/p-1. The molecule has 0 saturated heterocycles. The fraction of sp³-hybridized carbons (Fsp3) is 0.750. The Morgan fingerprint density at radius 1 is 1.67 bits per heavy atom. The molecule has 0 spiro atoms. The molecule has 0 fully saturated rings. The van der Waals surface area contributed by atoms with E-state index in [1.54, 1.807) is 22.6 Å². The molecule has 1 N–H and O–H groups in total. The molecule has 0 aliphatic carbocycles. The summed E-state index contributed by atoms with van der Waals surface area (Å²) in [6.07, 6.45) is 0. The Labute approximate surface area is 107 Å². The third-order valence-electron chi connectivity index (χ3n) is 0.919. The van der Waals surface area contributed by atoms with Crippen molar-refractivity contribution in [3.05, 3.63) is 0 Å². The van der Waals surface area contributed by atoms with Gasteiger partial charge in [-0.2, -0.15) is 0 Å². The van der Waals surface area contributed by atoms with Crippen molar-refractivity contribution in [2.24, 2.45) is 0 Å². The average Bonchev–Trinajstić information content (AvgIpc) is 1.85. The Kier molecular flexibility index (Phi) is 8.50. The number of alkyl halides is 1. The van der Waals surface area contributed by atoms with Crippen LogP contribution >= 0.6 is 22.6 Å². The maximum atomic E-state index is 10.5. The largest absolute Gasteiger partial charge is 1.00 e. The predicted molar refractivity (Wildman–Crippen MR) is 46.2 cm³/mol. The van der Waals surface area contributed by atoms with Crippen LogP contribution in [0.1, 0.15) is 6.92 Å². The van der Waals surface area contributed by atoms with Gasteiger partial charge < -0.3 is 9.87 Å². The van der Waals surface area contributed by atoms with Gasteiger partial charge in [-0.1, -0.05) is 22.6 Å². The SMILES string of the molecule is CC(NC(=O)CI)S(=O)(=O)[O-].[Na+]. The molecule has 1 amide bonds. The van der Waals surface area contributed by atoms with Gasteiger partial charge in [-0.25, -0.2) is 8.42 Å². The molecule has 0 aromatic heterocycles. The minimum Gasteiger partial charge on any atom is -0.746 e. The first-order valence-corrected chi connectivity index (χ1v) is 5.67. The average molecular weight is 315 g/mol. The summed E-state index contributed by atoms with van der Waals surface area (Å²) in [6.45, 7) is 1.13. The third-order valence-corrected chi connectivity index (χ3v) is 2.60. The second-order valence-corrected chi connectivity index (χ2v) is 4.29. The fourth-order valence-corrected chi connectivity index (χ4v) is 0.833. The molecule has 1 atom stereocenters. The van der Waals surface area contributed by atoms with Gasteiger partial charge >= 0.3 is 29.6 Å². The molecule has 0 aromatic rings. The number of carbonyl (C=O) groups is 1. The summed E-state index contributed by atoms with van der Waals surface area (Å²) in [6, 6.07) is 0. The van der Waals surface area contributed by atoms with Crippen LogP contribution in [0.5, 0.6) is 0 Å². The minimum atomic E-state index is -4.39. The minimum absolute atomic E-state index is 0. The van der Waals surface area contributed by atoms with Gasteiger partial charge in [0.15, 0.2) is 0 Å². The molecule has 0 heterocycles.